The Morgan fingerprint density at radius 2 is 1.00 bits per heavy atom. The number of rotatable bonds is 0. The van der Waals surface area contributed by atoms with E-state index in [1.54, 1.807) is 0 Å². The topological polar surface area (TPSA) is 0 Å². The molecule has 0 saturated carbocycles. The van der Waals surface area contributed by atoms with Gasteiger partial charge in [0.25, 0.3) is 0 Å². The van der Waals surface area contributed by atoms with Gasteiger partial charge in [-0.05, 0) is 0 Å². The molecular formula is CoFeSiW. The minimum Gasteiger partial charge on any atom is 0 e. The van der Waals surface area contributed by atoms with Crippen molar-refractivity contribution in [3.63, 3.8) is 0 Å². The molecule has 0 nitrogen and oxygen atoms in total. The Kier molecular flexibility index (Phi) is 198. The molecule has 0 N–H and O–H groups in total. The van der Waals surface area contributed by atoms with Crippen LogP contribution in [0, 0.1) is 0 Å². The average molecular weight is 327 g/mol. The molecule has 0 fully saturated rings. The summed E-state index contributed by atoms with van der Waals surface area (Å²) >= 11 is 0. The fourth-order valence-corrected chi connectivity index (χ4v) is 0. The van der Waals surface area contributed by atoms with Crippen molar-refractivity contribution in [2.75, 3.05) is 0 Å². The molecule has 5 radical (unpaired) electrons. The van der Waals surface area contributed by atoms with Crippen LogP contribution in [-0.2, 0) is 54.9 Å². The van der Waals surface area contributed by atoms with Gasteiger partial charge in [0.05, 0.1) is 0 Å². The molecule has 0 saturated heterocycles. The van der Waals surface area contributed by atoms with Crippen molar-refractivity contribution in [3.05, 3.63) is 0 Å². The van der Waals surface area contributed by atoms with Crippen molar-refractivity contribution < 1.29 is 54.9 Å². The average Bonchev–Trinajstić information content (AvgIpc) is 0. The van der Waals surface area contributed by atoms with Crippen LogP contribution in [0.4, 0.5) is 0 Å². The first-order chi connectivity index (χ1) is 0. The maximum Gasteiger partial charge on any atom is 0 e. The molecule has 0 atom stereocenters. The van der Waals surface area contributed by atoms with Crippen LogP contribution in [0.1, 0.15) is 0 Å². The minimum atomic E-state index is 0. The van der Waals surface area contributed by atoms with Gasteiger partial charge in [0.2, 0.25) is 0 Å². The van der Waals surface area contributed by atoms with E-state index >= 15 is 0 Å². The number of hydrogen-bond acceptors (Lipinski definition) is 0. The summed E-state index contributed by atoms with van der Waals surface area (Å²) in [6.07, 6.45) is 0. The monoisotopic (exact) mass is 327 g/mol. The zero-order chi connectivity index (χ0) is 0. The molecule has 0 bridgehead atoms. The quantitative estimate of drug-likeness (QED) is 0.532. The molecule has 0 rings (SSSR count). The Hall–Kier alpha value is 1.93. The zero-order valence-corrected chi connectivity index (χ0v) is 7.67. The molecule has 27 valence electrons. The maximum absolute atomic E-state index is 0. The van der Waals surface area contributed by atoms with Crippen LogP contribution in [-0.4, -0.2) is 11.0 Å². The van der Waals surface area contributed by atoms with Gasteiger partial charge in [0.1, 0.15) is 0 Å². The molecule has 0 aromatic carbocycles. The fraction of sp³-hybridized carbons (Fsp3) is 0. The SMILES string of the molecule is [Co].[Fe].[Si].[W]. The third kappa shape index (κ3) is 9.06. The number of hydrogen-bond donors (Lipinski definition) is 0. The summed E-state index contributed by atoms with van der Waals surface area (Å²) in [5.74, 6) is 0. The minimum absolute atomic E-state index is 0. The van der Waals surface area contributed by atoms with Gasteiger partial charge < -0.3 is 0 Å². The van der Waals surface area contributed by atoms with E-state index in [9.17, 15) is 0 Å². The smallest absolute Gasteiger partial charge is 0 e. The van der Waals surface area contributed by atoms with Crippen molar-refractivity contribution in [3.8, 4) is 0 Å². The van der Waals surface area contributed by atoms with E-state index < -0.39 is 0 Å². The summed E-state index contributed by atoms with van der Waals surface area (Å²) in [7, 11) is 0. The van der Waals surface area contributed by atoms with E-state index in [4.69, 9.17) is 0 Å². The first-order valence-corrected chi connectivity index (χ1v) is 0. The van der Waals surface area contributed by atoms with Gasteiger partial charge in [-0.25, -0.2) is 0 Å². The Labute approximate surface area is 65.4 Å². The Balaban J connectivity index is 0. The standard InChI is InChI=1S/Co.Fe.Si.W. The van der Waals surface area contributed by atoms with Crippen LogP contribution in [0.2, 0.25) is 0 Å². The molecule has 4 heteroatoms. The fourth-order valence-electron chi connectivity index (χ4n) is 0. The second kappa shape index (κ2) is 20.4. The van der Waals surface area contributed by atoms with E-state index in [0.717, 1.165) is 0 Å². The van der Waals surface area contributed by atoms with Crippen molar-refractivity contribution in [1.82, 2.24) is 0 Å². The van der Waals surface area contributed by atoms with Crippen LogP contribution < -0.4 is 0 Å². The molecule has 0 spiro atoms. The summed E-state index contributed by atoms with van der Waals surface area (Å²) in [4.78, 5) is 0. The van der Waals surface area contributed by atoms with Gasteiger partial charge in [-0.15, -0.1) is 0 Å². The van der Waals surface area contributed by atoms with Crippen molar-refractivity contribution in [2.24, 2.45) is 0 Å². The second-order valence-electron chi connectivity index (χ2n) is 0. The molecular weight excluding hydrogens is 327 g/mol. The van der Waals surface area contributed by atoms with E-state index in [1.807, 2.05) is 0 Å². The molecule has 0 aliphatic rings. The Morgan fingerprint density at radius 3 is 1.00 bits per heavy atom. The first kappa shape index (κ1) is 38.7. The first-order valence-electron chi connectivity index (χ1n) is 0. The predicted octanol–water partition coefficient (Wildman–Crippen LogP) is -0.388. The van der Waals surface area contributed by atoms with Crippen LogP contribution in [0.5, 0.6) is 0 Å². The normalized spacial score (nSPS) is 0. The van der Waals surface area contributed by atoms with E-state index in [-0.39, 0.29) is 65.9 Å². The van der Waals surface area contributed by atoms with Crippen LogP contribution in [0.15, 0.2) is 0 Å². The largest absolute Gasteiger partial charge is 0 e. The zero-order valence-electron chi connectivity index (χ0n) is 1.60. The maximum atomic E-state index is 0. The summed E-state index contributed by atoms with van der Waals surface area (Å²) in [6, 6.07) is 0. The Bertz CT molecular complexity index is 8.00. The van der Waals surface area contributed by atoms with Crippen molar-refractivity contribution in [2.45, 2.75) is 0 Å². The van der Waals surface area contributed by atoms with Gasteiger partial charge in [-0.1, -0.05) is 0 Å². The molecule has 0 aliphatic heterocycles. The van der Waals surface area contributed by atoms with Gasteiger partial charge in [-0.2, -0.15) is 0 Å². The van der Waals surface area contributed by atoms with Crippen molar-refractivity contribution >= 4 is 11.0 Å². The van der Waals surface area contributed by atoms with Crippen LogP contribution in [0.25, 0.3) is 0 Å². The molecule has 4 heavy (non-hydrogen) atoms. The van der Waals surface area contributed by atoms with Crippen LogP contribution in [0.3, 0.4) is 0 Å². The summed E-state index contributed by atoms with van der Waals surface area (Å²) in [6.45, 7) is 0. The van der Waals surface area contributed by atoms with Gasteiger partial charge in [0.15, 0.2) is 0 Å². The molecule has 0 unspecified atom stereocenters. The molecule has 0 aliphatic carbocycles. The van der Waals surface area contributed by atoms with Gasteiger partial charge in [-0.3, -0.25) is 0 Å². The summed E-state index contributed by atoms with van der Waals surface area (Å²) in [5.41, 5.74) is 0. The molecule has 0 amide bonds. The van der Waals surface area contributed by atoms with E-state index in [1.165, 1.54) is 0 Å². The third-order valence-corrected chi connectivity index (χ3v) is 0. The Morgan fingerprint density at radius 1 is 1.00 bits per heavy atom. The summed E-state index contributed by atoms with van der Waals surface area (Å²) < 4.78 is 0. The van der Waals surface area contributed by atoms with Crippen molar-refractivity contribution in [1.29, 1.82) is 0 Å². The molecule has 0 heterocycles. The van der Waals surface area contributed by atoms with E-state index in [2.05, 4.69) is 0 Å². The molecule has 0 aromatic heterocycles. The molecule has 0 aromatic rings. The predicted molar refractivity (Wildman–Crippen MR) is 5.75 cm³/mol. The van der Waals surface area contributed by atoms with Gasteiger partial charge >= 0.3 is 0 Å². The third-order valence-electron chi connectivity index (χ3n) is 0. The van der Waals surface area contributed by atoms with Gasteiger partial charge in [0, 0.05) is 65.9 Å². The van der Waals surface area contributed by atoms with E-state index in [0.29, 0.717) is 0 Å². The second-order valence-corrected chi connectivity index (χ2v) is 0. The summed E-state index contributed by atoms with van der Waals surface area (Å²) in [5, 5.41) is 0. The van der Waals surface area contributed by atoms with Crippen LogP contribution >= 0.6 is 0 Å².